The molecular weight excluding hydrogens is 223 g/mol. The maximum absolute atomic E-state index is 11.5. The van der Waals surface area contributed by atoms with Crippen LogP contribution in [0.15, 0.2) is 0 Å². The SMILES string of the molecule is COC(C)(OP=O)C(=O)O[Si](C)(C)C. The standard InChI is InChI=1S/C7H15O5PSi/c1-7(10-2,12-13-9)6(8)11-14(3,4)5/h1-5H3. The average Bonchev–Trinajstić information content (AvgIpc) is 2.01. The fourth-order valence-corrected chi connectivity index (χ4v) is 1.63. The van der Waals surface area contributed by atoms with Gasteiger partial charge in [-0.05, 0) is 19.6 Å². The minimum absolute atomic E-state index is 0.619. The summed E-state index contributed by atoms with van der Waals surface area (Å²) < 4.78 is 24.8. The van der Waals surface area contributed by atoms with Crippen LogP contribution in [0, 0.1) is 0 Å². The lowest BCUT2D eigenvalue weighted by atomic mass is 10.3. The highest BCUT2D eigenvalue weighted by atomic mass is 31.1. The van der Waals surface area contributed by atoms with Crippen molar-refractivity contribution < 1.29 is 23.0 Å². The molecule has 82 valence electrons. The molecule has 0 aromatic rings. The smallest absolute Gasteiger partial charge is 0.354 e. The molecule has 5 nitrogen and oxygen atoms in total. The van der Waals surface area contributed by atoms with Crippen molar-refractivity contribution in [1.29, 1.82) is 0 Å². The predicted octanol–water partition coefficient (Wildman–Crippen LogP) is 1.95. The number of rotatable bonds is 5. The van der Waals surface area contributed by atoms with Crippen molar-refractivity contribution in [3.63, 3.8) is 0 Å². The van der Waals surface area contributed by atoms with Crippen LogP contribution < -0.4 is 0 Å². The van der Waals surface area contributed by atoms with E-state index in [0.29, 0.717) is 0 Å². The van der Waals surface area contributed by atoms with Gasteiger partial charge >= 0.3 is 14.7 Å². The third kappa shape index (κ3) is 4.28. The molecule has 7 heteroatoms. The van der Waals surface area contributed by atoms with Gasteiger partial charge in [0.05, 0.1) is 0 Å². The van der Waals surface area contributed by atoms with E-state index in [1.54, 1.807) is 0 Å². The quantitative estimate of drug-likeness (QED) is 0.416. The van der Waals surface area contributed by atoms with Crippen molar-refractivity contribution in [2.75, 3.05) is 7.11 Å². The van der Waals surface area contributed by atoms with E-state index in [4.69, 9.17) is 9.16 Å². The number of hydrogen-bond donors (Lipinski definition) is 0. The van der Waals surface area contributed by atoms with Crippen molar-refractivity contribution in [2.24, 2.45) is 0 Å². The molecule has 0 bridgehead atoms. The first-order valence-electron chi connectivity index (χ1n) is 4.04. The zero-order chi connectivity index (χ0) is 11.4. The summed E-state index contributed by atoms with van der Waals surface area (Å²) in [5.41, 5.74) is 0. The first-order chi connectivity index (χ1) is 6.25. The van der Waals surface area contributed by atoms with Crippen LogP contribution in [0.4, 0.5) is 0 Å². The third-order valence-electron chi connectivity index (χ3n) is 1.37. The molecule has 0 rings (SSSR count). The van der Waals surface area contributed by atoms with Gasteiger partial charge < -0.3 is 9.16 Å². The molecular formula is C7H15O5PSi. The Morgan fingerprint density at radius 2 is 1.86 bits per heavy atom. The largest absolute Gasteiger partial charge is 0.516 e. The van der Waals surface area contributed by atoms with Crippen molar-refractivity contribution in [1.82, 2.24) is 0 Å². The molecule has 0 saturated heterocycles. The summed E-state index contributed by atoms with van der Waals surface area (Å²) in [6, 6.07) is 0. The van der Waals surface area contributed by atoms with Gasteiger partial charge in [-0.1, -0.05) is 0 Å². The minimum Gasteiger partial charge on any atom is -0.516 e. The van der Waals surface area contributed by atoms with E-state index in [1.807, 2.05) is 19.6 Å². The number of carbonyl (C=O) groups excluding carboxylic acids is 1. The van der Waals surface area contributed by atoms with Crippen molar-refractivity contribution in [2.45, 2.75) is 32.4 Å². The van der Waals surface area contributed by atoms with Crippen LogP contribution in [0.2, 0.25) is 19.6 Å². The summed E-state index contributed by atoms with van der Waals surface area (Å²) in [6.07, 6.45) is 0. The van der Waals surface area contributed by atoms with Crippen LogP contribution in [0.3, 0.4) is 0 Å². The number of carbonyl (C=O) groups is 1. The van der Waals surface area contributed by atoms with Gasteiger partial charge in [0, 0.05) is 14.0 Å². The fraction of sp³-hybridized carbons (Fsp3) is 0.857. The fourth-order valence-electron chi connectivity index (χ4n) is 0.600. The van der Waals surface area contributed by atoms with Gasteiger partial charge in [0.2, 0.25) is 8.32 Å². The van der Waals surface area contributed by atoms with E-state index in [9.17, 15) is 9.36 Å². The zero-order valence-corrected chi connectivity index (χ0v) is 10.9. The van der Waals surface area contributed by atoms with Gasteiger partial charge in [-0.2, -0.15) is 0 Å². The highest BCUT2D eigenvalue weighted by molar-refractivity contribution is 7.17. The molecule has 0 aromatic carbocycles. The zero-order valence-electron chi connectivity index (χ0n) is 8.99. The second-order valence-electron chi connectivity index (χ2n) is 3.82. The van der Waals surface area contributed by atoms with Gasteiger partial charge in [0.15, 0.2) is 0 Å². The van der Waals surface area contributed by atoms with E-state index in [2.05, 4.69) is 4.52 Å². The van der Waals surface area contributed by atoms with Crippen molar-refractivity contribution in [3.8, 4) is 0 Å². The Hall–Kier alpha value is -0.293. The summed E-state index contributed by atoms with van der Waals surface area (Å²) in [6.45, 7) is 6.93. The topological polar surface area (TPSA) is 61.8 Å². The molecule has 0 spiro atoms. The lowest BCUT2D eigenvalue weighted by molar-refractivity contribution is -0.192. The Morgan fingerprint density at radius 3 is 2.14 bits per heavy atom. The number of ether oxygens (including phenoxy) is 1. The molecule has 1 atom stereocenters. The summed E-state index contributed by atoms with van der Waals surface area (Å²) in [5, 5.41) is 0. The van der Waals surface area contributed by atoms with Gasteiger partial charge in [0.1, 0.15) is 0 Å². The van der Waals surface area contributed by atoms with E-state index in [1.165, 1.54) is 14.0 Å². The minimum atomic E-state index is -1.99. The second-order valence-corrected chi connectivity index (χ2v) is 8.58. The maximum atomic E-state index is 11.5. The molecule has 0 amide bonds. The summed E-state index contributed by atoms with van der Waals surface area (Å²) in [5.74, 6) is -2.24. The molecule has 1 unspecified atom stereocenters. The summed E-state index contributed by atoms with van der Waals surface area (Å²) in [4.78, 5) is 11.5. The first-order valence-corrected chi connectivity index (χ1v) is 8.18. The maximum Gasteiger partial charge on any atom is 0.354 e. The van der Waals surface area contributed by atoms with Crippen LogP contribution in [0.25, 0.3) is 0 Å². The van der Waals surface area contributed by atoms with Gasteiger partial charge in [-0.15, -0.1) is 0 Å². The Kier molecular flexibility index (Phi) is 4.87. The summed E-state index contributed by atoms with van der Waals surface area (Å²) in [7, 11) is -1.32. The second kappa shape index (κ2) is 4.98. The Labute approximate surface area is 86.1 Å². The van der Waals surface area contributed by atoms with E-state index < -0.39 is 28.8 Å². The Balaban J connectivity index is 4.54. The first kappa shape index (κ1) is 13.7. The molecule has 0 heterocycles. The molecule has 0 aliphatic carbocycles. The Bertz CT molecular complexity index is 227. The van der Waals surface area contributed by atoms with Gasteiger partial charge in [-0.25, -0.2) is 13.9 Å². The summed E-state index contributed by atoms with van der Waals surface area (Å²) >= 11 is 0. The molecule has 0 aliphatic heterocycles. The molecule has 0 radical (unpaired) electrons. The van der Waals surface area contributed by atoms with E-state index >= 15 is 0 Å². The highest BCUT2D eigenvalue weighted by Gasteiger charge is 2.39. The number of methoxy groups -OCH3 is 1. The molecule has 0 aliphatic rings. The van der Waals surface area contributed by atoms with Gasteiger partial charge in [-0.3, -0.25) is 0 Å². The van der Waals surface area contributed by atoms with Crippen LogP contribution in [-0.2, 0) is 23.0 Å². The third-order valence-corrected chi connectivity index (χ3v) is 2.59. The average molecular weight is 238 g/mol. The van der Waals surface area contributed by atoms with Crippen molar-refractivity contribution >= 4 is 23.0 Å². The normalized spacial score (nSPS) is 16.4. The molecule has 0 aromatic heterocycles. The lowest BCUT2D eigenvalue weighted by Gasteiger charge is -2.26. The molecule has 0 saturated carbocycles. The lowest BCUT2D eigenvalue weighted by Crippen LogP contribution is -2.44. The monoisotopic (exact) mass is 238 g/mol. The van der Waals surface area contributed by atoms with Crippen LogP contribution in [0.1, 0.15) is 6.92 Å². The van der Waals surface area contributed by atoms with Crippen LogP contribution in [0.5, 0.6) is 0 Å². The molecule has 14 heavy (non-hydrogen) atoms. The van der Waals surface area contributed by atoms with Gasteiger partial charge in [0.25, 0.3) is 5.79 Å². The molecule has 0 N–H and O–H groups in total. The van der Waals surface area contributed by atoms with E-state index in [0.717, 1.165) is 0 Å². The predicted molar refractivity (Wildman–Crippen MR) is 53.5 cm³/mol. The van der Waals surface area contributed by atoms with Crippen molar-refractivity contribution in [3.05, 3.63) is 0 Å². The van der Waals surface area contributed by atoms with Crippen LogP contribution in [-0.4, -0.2) is 27.2 Å². The number of hydrogen-bond acceptors (Lipinski definition) is 5. The highest BCUT2D eigenvalue weighted by Crippen LogP contribution is 2.21. The van der Waals surface area contributed by atoms with Crippen LogP contribution >= 0.6 is 8.69 Å². The Morgan fingerprint density at radius 1 is 1.36 bits per heavy atom. The van der Waals surface area contributed by atoms with E-state index in [-0.39, 0.29) is 0 Å². The molecule has 0 fully saturated rings.